The second-order valence-electron chi connectivity index (χ2n) is 10.6. The predicted octanol–water partition coefficient (Wildman–Crippen LogP) is 3.96. The van der Waals surface area contributed by atoms with E-state index in [0.29, 0.717) is 37.4 Å². The van der Waals surface area contributed by atoms with Crippen molar-refractivity contribution in [1.29, 1.82) is 0 Å². The van der Waals surface area contributed by atoms with Gasteiger partial charge in [0.05, 0.1) is 31.5 Å². The van der Waals surface area contributed by atoms with E-state index in [9.17, 15) is 9.90 Å². The van der Waals surface area contributed by atoms with E-state index >= 15 is 0 Å². The SMILES string of the molecule is CCn1cc(C(=O)C2CC2)c2cc(Nc3nccc(-n4cc(CN5C[C@H](O)CO5)c(C5CC5)n4)n3)ccc21. The Morgan fingerprint density at radius 1 is 1.18 bits per heavy atom. The lowest BCUT2D eigenvalue weighted by atomic mass is 10.1. The summed E-state index contributed by atoms with van der Waals surface area (Å²) in [6, 6.07) is 7.91. The number of aromatic nitrogens is 5. The summed E-state index contributed by atoms with van der Waals surface area (Å²) in [4.78, 5) is 27.7. The molecule has 0 bridgehead atoms. The molecule has 1 atom stereocenters. The van der Waals surface area contributed by atoms with Crippen LogP contribution in [-0.4, -0.2) is 59.5 Å². The number of hydrogen-bond acceptors (Lipinski definition) is 8. The maximum Gasteiger partial charge on any atom is 0.229 e. The number of aryl methyl sites for hydroxylation is 1. The molecule has 10 heteroatoms. The molecule has 1 saturated heterocycles. The van der Waals surface area contributed by atoms with E-state index in [0.717, 1.165) is 65.6 Å². The second-order valence-corrected chi connectivity index (χ2v) is 10.6. The molecule has 7 rings (SSSR count). The van der Waals surface area contributed by atoms with E-state index in [1.54, 1.807) is 15.9 Å². The van der Waals surface area contributed by atoms with Crippen LogP contribution in [0.4, 0.5) is 11.6 Å². The Labute approximate surface area is 220 Å². The van der Waals surface area contributed by atoms with Gasteiger partial charge in [-0.15, -0.1) is 0 Å². The molecule has 0 unspecified atom stereocenters. The summed E-state index contributed by atoms with van der Waals surface area (Å²) in [6.07, 6.45) is 9.51. The lowest BCUT2D eigenvalue weighted by molar-refractivity contribution is -0.118. The number of Topliss-reactive ketones (excluding diaryl/α,β-unsaturated/α-hetero) is 1. The van der Waals surface area contributed by atoms with Crippen molar-refractivity contribution in [2.75, 3.05) is 18.5 Å². The van der Waals surface area contributed by atoms with E-state index < -0.39 is 6.10 Å². The molecule has 3 aromatic heterocycles. The number of ketones is 1. The van der Waals surface area contributed by atoms with Gasteiger partial charge in [-0.3, -0.25) is 9.63 Å². The fourth-order valence-electron chi connectivity index (χ4n) is 5.26. The molecule has 196 valence electrons. The molecule has 3 fully saturated rings. The van der Waals surface area contributed by atoms with Crippen molar-refractivity contribution in [2.24, 2.45) is 5.92 Å². The van der Waals surface area contributed by atoms with Crippen LogP contribution in [0.2, 0.25) is 0 Å². The Kier molecular flexibility index (Phi) is 5.75. The highest BCUT2D eigenvalue weighted by atomic mass is 16.7. The van der Waals surface area contributed by atoms with Crippen LogP contribution in [-0.2, 0) is 17.9 Å². The van der Waals surface area contributed by atoms with E-state index in [1.807, 2.05) is 36.7 Å². The molecule has 0 amide bonds. The summed E-state index contributed by atoms with van der Waals surface area (Å²) in [5, 5.41) is 20.8. The molecule has 2 N–H and O–H groups in total. The monoisotopic (exact) mass is 513 g/mol. The van der Waals surface area contributed by atoms with E-state index in [-0.39, 0.29) is 11.7 Å². The molecule has 3 aliphatic rings. The van der Waals surface area contributed by atoms with Crippen molar-refractivity contribution < 1.29 is 14.7 Å². The minimum Gasteiger partial charge on any atom is -0.389 e. The minimum absolute atomic E-state index is 0.170. The highest BCUT2D eigenvalue weighted by Gasteiger charge is 2.33. The Morgan fingerprint density at radius 2 is 2.05 bits per heavy atom. The van der Waals surface area contributed by atoms with Gasteiger partial charge in [-0.2, -0.15) is 15.1 Å². The normalized spacial score (nSPS) is 19.9. The van der Waals surface area contributed by atoms with Gasteiger partial charge in [0, 0.05) is 70.8 Å². The smallest absolute Gasteiger partial charge is 0.229 e. The summed E-state index contributed by atoms with van der Waals surface area (Å²) >= 11 is 0. The Hall–Kier alpha value is -3.60. The number of carbonyl (C=O) groups is 1. The topological polar surface area (TPSA) is 110 Å². The van der Waals surface area contributed by atoms with Crippen molar-refractivity contribution in [2.45, 2.75) is 57.7 Å². The van der Waals surface area contributed by atoms with Crippen LogP contribution in [0.5, 0.6) is 0 Å². The van der Waals surface area contributed by atoms with Gasteiger partial charge in [0.15, 0.2) is 11.6 Å². The van der Waals surface area contributed by atoms with Crippen LogP contribution in [0, 0.1) is 5.92 Å². The average Bonchev–Trinajstić information content (AvgIpc) is 3.84. The average molecular weight is 514 g/mol. The summed E-state index contributed by atoms with van der Waals surface area (Å²) in [7, 11) is 0. The van der Waals surface area contributed by atoms with Crippen molar-refractivity contribution in [3.8, 4) is 5.82 Å². The van der Waals surface area contributed by atoms with Crippen LogP contribution in [0.3, 0.4) is 0 Å². The summed E-state index contributed by atoms with van der Waals surface area (Å²) in [5.41, 5.74) is 4.85. The zero-order valence-corrected chi connectivity index (χ0v) is 21.4. The molecule has 0 spiro atoms. The van der Waals surface area contributed by atoms with Crippen molar-refractivity contribution in [3.05, 3.63) is 59.7 Å². The Morgan fingerprint density at radius 3 is 2.79 bits per heavy atom. The molecule has 2 saturated carbocycles. The number of aliphatic hydroxyl groups is 1. The Bertz CT molecular complexity index is 1520. The molecular formula is C28H31N7O3. The summed E-state index contributed by atoms with van der Waals surface area (Å²) in [5.74, 6) is 2.01. The number of fused-ring (bicyclic) bond motifs is 1. The van der Waals surface area contributed by atoms with Crippen LogP contribution in [0.15, 0.2) is 42.9 Å². The summed E-state index contributed by atoms with van der Waals surface area (Å²) in [6.45, 7) is 4.31. The number of benzene rings is 1. The van der Waals surface area contributed by atoms with E-state index in [4.69, 9.17) is 14.9 Å². The number of nitrogens with zero attached hydrogens (tertiary/aromatic N) is 6. The second kappa shape index (κ2) is 9.30. The number of carbonyl (C=O) groups excluding carboxylic acids is 1. The first-order valence-electron chi connectivity index (χ1n) is 13.5. The Balaban J connectivity index is 1.16. The van der Waals surface area contributed by atoms with Gasteiger partial charge in [-0.05, 0) is 50.8 Å². The molecular weight excluding hydrogens is 482 g/mol. The molecule has 1 aromatic carbocycles. The van der Waals surface area contributed by atoms with Crippen molar-refractivity contribution >= 4 is 28.3 Å². The van der Waals surface area contributed by atoms with Crippen LogP contribution in [0.25, 0.3) is 16.7 Å². The zero-order valence-electron chi connectivity index (χ0n) is 21.4. The van der Waals surface area contributed by atoms with Gasteiger partial charge < -0.3 is 15.0 Å². The number of β-amino-alcohol motifs (C(OH)–C–C–N with tert-alkyl or cyclic N) is 1. The standard InChI is InChI=1S/C28H31N7O3/c1-2-33-15-23(27(37)18-5-6-18)22-11-20(7-8-24(22)33)30-28-29-10-9-25(31-28)35-13-19(26(32-35)17-3-4-17)12-34-14-21(36)16-38-34/h7-11,13,15,17-18,21,36H,2-6,12,14,16H2,1H3,(H,29,30,31)/t21-/m0/s1. The quantitative estimate of drug-likeness (QED) is 0.324. The maximum absolute atomic E-state index is 12.9. The molecule has 2 aliphatic carbocycles. The molecule has 38 heavy (non-hydrogen) atoms. The minimum atomic E-state index is -0.451. The first-order valence-corrected chi connectivity index (χ1v) is 13.5. The van der Waals surface area contributed by atoms with Gasteiger partial charge >= 0.3 is 0 Å². The lowest BCUT2D eigenvalue weighted by Crippen LogP contribution is -2.20. The zero-order chi connectivity index (χ0) is 25.8. The van der Waals surface area contributed by atoms with Crippen LogP contribution >= 0.6 is 0 Å². The molecule has 0 radical (unpaired) electrons. The largest absolute Gasteiger partial charge is 0.389 e. The van der Waals surface area contributed by atoms with Gasteiger partial charge in [0.1, 0.15) is 0 Å². The van der Waals surface area contributed by atoms with Crippen molar-refractivity contribution in [1.82, 2.24) is 29.4 Å². The molecule has 1 aliphatic heterocycles. The lowest BCUT2D eigenvalue weighted by Gasteiger charge is -2.12. The van der Waals surface area contributed by atoms with E-state index in [2.05, 4.69) is 21.8 Å². The van der Waals surface area contributed by atoms with E-state index in [1.165, 1.54) is 0 Å². The van der Waals surface area contributed by atoms with Gasteiger partial charge in [-0.25, -0.2) is 9.67 Å². The fraction of sp³-hybridized carbons (Fsp3) is 0.429. The van der Waals surface area contributed by atoms with Gasteiger partial charge in [0.2, 0.25) is 5.95 Å². The third-order valence-corrected chi connectivity index (χ3v) is 7.56. The van der Waals surface area contributed by atoms with Crippen LogP contribution in [0.1, 0.15) is 60.1 Å². The van der Waals surface area contributed by atoms with Crippen molar-refractivity contribution in [3.63, 3.8) is 0 Å². The van der Waals surface area contributed by atoms with Gasteiger partial charge in [0.25, 0.3) is 0 Å². The maximum atomic E-state index is 12.9. The first-order chi connectivity index (χ1) is 18.6. The molecule has 4 aromatic rings. The fourth-order valence-corrected chi connectivity index (χ4v) is 5.26. The number of hydrogen-bond donors (Lipinski definition) is 2. The summed E-state index contributed by atoms with van der Waals surface area (Å²) < 4.78 is 3.94. The number of nitrogens with one attached hydrogen (secondary N) is 1. The predicted molar refractivity (Wildman–Crippen MR) is 141 cm³/mol. The number of rotatable bonds is 9. The first kappa shape index (κ1) is 23.5. The van der Waals surface area contributed by atoms with Crippen LogP contribution < -0.4 is 5.32 Å². The molecule has 4 heterocycles. The number of anilines is 2. The third kappa shape index (κ3) is 4.48. The van der Waals surface area contributed by atoms with Gasteiger partial charge in [-0.1, -0.05) is 0 Å². The highest BCUT2D eigenvalue weighted by molar-refractivity contribution is 6.10. The molecule has 10 nitrogen and oxygen atoms in total. The number of aliphatic hydroxyl groups excluding tert-OH is 1. The third-order valence-electron chi connectivity index (χ3n) is 7.56. The number of hydroxylamine groups is 2. The highest BCUT2D eigenvalue weighted by Crippen LogP contribution is 2.41.